The van der Waals surface area contributed by atoms with Crippen LogP contribution < -0.4 is 10.1 Å². The third kappa shape index (κ3) is 5.66. The molecular weight excluding hydrogens is 482 g/mol. The van der Waals surface area contributed by atoms with Gasteiger partial charge < -0.3 is 19.2 Å². The number of furan rings is 1. The molecule has 1 saturated heterocycles. The quantitative estimate of drug-likeness (QED) is 0.362. The van der Waals surface area contributed by atoms with Crippen molar-refractivity contribution in [2.75, 3.05) is 38.2 Å². The molecule has 4 rings (SSSR count). The second-order valence-corrected chi connectivity index (χ2v) is 9.73. The van der Waals surface area contributed by atoms with Crippen molar-refractivity contribution in [2.45, 2.75) is 11.8 Å². The van der Waals surface area contributed by atoms with Crippen molar-refractivity contribution in [3.05, 3.63) is 72.0 Å². The van der Waals surface area contributed by atoms with Crippen LogP contribution in [0.3, 0.4) is 0 Å². The van der Waals surface area contributed by atoms with E-state index in [0.29, 0.717) is 61.4 Å². The molecule has 0 unspecified atom stereocenters. The van der Waals surface area contributed by atoms with Crippen LogP contribution in [0.15, 0.2) is 75.5 Å². The van der Waals surface area contributed by atoms with Crippen molar-refractivity contribution in [1.82, 2.24) is 4.31 Å². The molecular formula is C26H25N3O6S. The Morgan fingerprint density at radius 2 is 1.83 bits per heavy atom. The van der Waals surface area contributed by atoms with Crippen molar-refractivity contribution in [1.29, 1.82) is 5.26 Å². The lowest BCUT2D eigenvalue weighted by molar-refractivity contribution is -0.112. The van der Waals surface area contributed by atoms with Gasteiger partial charge in [0, 0.05) is 24.7 Å². The fourth-order valence-corrected chi connectivity index (χ4v) is 5.05. The molecule has 10 heteroatoms. The van der Waals surface area contributed by atoms with Crippen LogP contribution in [0.5, 0.6) is 5.75 Å². The minimum absolute atomic E-state index is 0.144. The molecule has 2 aromatic carbocycles. The topological polar surface area (TPSA) is 122 Å². The Morgan fingerprint density at radius 3 is 2.53 bits per heavy atom. The Balaban J connectivity index is 1.49. The first-order chi connectivity index (χ1) is 17.4. The van der Waals surface area contributed by atoms with Gasteiger partial charge in [-0.2, -0.15) is 9.57 Å². The second kappa shape index (κ2) is 11.2. The Kier molecular flexibility index (Phi) is 7.85. The first-order valence-corrected chi connectivity index (χ1v) is 12.8. The summed E-state index contributed by atoms with van der Waals surface area (Å²) in [5, 5.41) is 12.2. The van der Waals surface area contributed by atoms with E-state index in [1.54, 1.807) is 48.5 Å². The van der Waals surface area contributed by atoms with E-state index >= 15 is 0 Å². The number of sulfonamides is 1. The molecule has 2 heterocycles. The van der Waals surface area contributed by atoms with Crippen LogP contribution in [0.25, 0.3) is 17.4 Å². The van der Waals surface area contributed by atoms with Crippen LogP contribution in [-0.2, 0) is 19.6 Å². The number of nitrogens with zero attached hydrogens (tertiary/aromatic N) is 2. The molecule has 9 nitrogen and oxygen atoms in total. The van der Waals surface area contributed by atoms with E-state index in [0.717, 1.165) is 0 Å². The summed E-state index contributed by atoms with van der Waals surface area (Å²) in [4.78, 5) is 12.9. The van der Waals surface area contributed by atoms with Gasteiger partial charge in [-0.1, -0.05) is 12.1 Å². The zero-order valence-corrected chi connectivity index (χ0v) is 20.5. The highest BCUT2D eigenvalue weighted by Crippen LogP contribution is 2.27. The number of para-hydroxylation sites is 2. The summed E-state index contributed by atoms with van der Waals surface area (Å²) < 4.78 is 43.6. The molecule has 0 atom stereocenters. The van der Waals surface area contributed by atoms with Gasteiger partial charge in [0.25, 0.3) is 5.91 Å². The van der Waals surface area contributed by atoms with Gasteiger partial charge in [0.2, 0.25) is 10.0 Å². The first kappa shape index (κ1) is 25.2. The number of nitriles is 1. The molecule has 0 bridgehead atoms. The van der Waals surface area contributed by atoms with Gasteiger partial charge in [0.05, 0.1) is 30.4 Å². The van der Waals surface area contributed by atoms with Crippen molar-refractivity contribution in [3.8, 4) is 23.1 Å². The summed E-state index contributed by atoms with van der Waals surface area (Å²) in [5.41, 5.74) is 0.969. The zero-order valence-electron chi connectivity index (χ0n) is 19.6. The smallest absolute Gasteiger partial charge is 0.266 e. The molecule has 3 aromatic rings. The Labute approximate surface area is 209 Å². The fourth-order valence-electron chi connectivity index (χ4n) is 3.64. The summed E-state index contributed by atoms with van der Waals surface area (Å²) in [7, 11) is -3.59. The van der Waals surface area contributed by atoms with Gasteiger partial charge in [-0.15, -0.1) is 0 Å². The van der Waals surface area contributed by atoms with Gasteiger partial charge in [0.15, 0.2) is 0 Å². The number of hydrogen-bond donors (Lipinski definition) is 1. The van der Waals surface area contributed by atoms with Gasteiger partial charge in [-0.3, -0.25) is 4.79 Å². The number of hydrogen-bond acceptors (Lipinski definition) is 7. The predicted octanol–water partition coefficient (Wildman–Crippen LogP) is 3.91. The van der Waals surface area contributed by atoms with Gasteiger partial charge in [-0.25, -0.2) is 8.42 Å². The summed E-state index contributed by atoms with van der Waals surface area (Å²) in [6.07, 6.45) is 1.35. The molecule has 1 aliphatic heterocycles. The predicted molar refractivity (Wildman–Crippen MR) is 134 cm³/mol. The van der Waals surface area contributed by atoms with E-state index in [1.807, 2.05) is 13.0 Å². The van der Waals surface area contributed by atoms with Crippen LogP contribution in [0.1, 0.15) is 12.7 Å². The molecule has 0 saturated carbocycles. The highest BCUT2D eigenvalue weighted by Gasteiger charge is 2.26. The molecule has 1 amide bonds. The standard InChI is InChI=1S/C26H25N3O6S/c1-2-34-25-6-4-3-5-23(25)28-26(30)20(18-27)17-21-9-12-24(35-21)19-7-10-22(11-8-19)36(31,32)29-13-15-33-16-14-29/h3-12,17H,2,13-16H2,1H3,(H,28,30)/b20-17+. The Hall–Kier alpha value is -3.91. The number of carbonyl (C=O) groups excluding carboxylic acids is 1. The minimum atomic E-state index is -3.59. The van der Waals surface area contributed by atoms with Crippen LogP contribution in [0.4, 0.5) is 5.69 Å². The summed E-state index contributed by atoms with van der Waals surface area (Å²) in [5.74, 6) is 0.682. The molecule has 0 radical (unpaired) electrons. The van der Waals surface area contributed by atoms with E-state index in [1.165, 1.54) is 22.5 Å². The number of rotatable bonds is 8. The van der Waals surface area contributed by atoms with E-state index in [4.69, 9.17) is 13.9 Å². The lowest BCUT2D eigenvalue weighted by Crippen LogP contribution is -2.40. The summed E-state index contributed by atoms with van der Waals surface area (Å²) in [6.45, 7) is 3.67. The van der Waals surface area contributed by atoms with Crippen LogP contribution in [0, 0.1) is 11.3 Å². The molecule has 1 N–H and O–H groups in total. The average Bonchev–Trinajstić information content (AvgIpc) is 3.38. The van der Waals surface area contributed by atoms with E-state index in [2.05, 4.69) is 5.32 Å². The first-order valence-electron chi connectivity index (χ1n) is 11.4. The second-order valence-electron chi connectivity index (χ2n) is 7.80. The molecule has 186 valence electrons. The fraction of sp³-hybridized carbons (Fsp3) is 0.231. The van der Waals surface area contributed by atoms with Gasteiger partial charge in [-0.05, 0) is 55.5 Å². The molecule has 1 fully saturated rings. The number of benzene rings is 2. The minimum Gasteiger partial charge on any atom is -0.492 e. The van der Waals surface area contributed by atoms with E-state index in [-0.39, 0.29) is 10.5 Å². The van der Waals surface area contributed by atoms with Crippen molar-refractivity contribution < 1.29 is 27.1 Å². The maximum Gasteiger partial charge on any atom is 0.266 e. The highest BCUT2D eigenvalue weighted by atomic mass is 32.2. The van der Waals surface area contributed by atoms with Crippen LogP contribution >= 0.6 is 0 Å². The Morgan fingerprint density at radius 1 is 1.11 bits per heavy atom. The van der Waals surface area contributed by atoms with Crippen molar-refractivity contribution >= 4 is 27.7 Å². The molecule has 1 aromatic heterocycles. The normalized spacial score (nSPS) is 14.7. The average molecular weight is 508 g/mol. The monoisotopic (exact) mass is 507 g/mol. The molecule has 36 heavy (non-hydrogen) atoms. The number of carbonyl (C=O) groups is 1. The number of morpholine rings is 1. The maximum absolute atomic E-state index is 12.8. The summed E-state index contributed by atoms with van der Waals surface area (Å²) in [6, 6.07) is 18.5. The molecule has 0 aliphatic carbocycles. The maximum atomic E-state index is 12.8. The van der Waals surface area contributed by atoms with Gasteiger partial charge >= 0.3 is 0 Å². The van der Waals surface area contributed by atoms with Crippen molar-refractivity contribution in [2.24, 2.45) is 0 Å². The third-order valence-electron chi connectivity index (χ3n) is 5.46. The van der Waals surface area contributed by atoms with E-state index in [9.17, 15) is 18.5 Å². The van der Waals surface area contributed by atoms with Crippen LogP contribution in [0.2, 0.25) is 0 Å². The van der Waals surface area contributed by atoms with Crippen molar-refractivity contribution in [3.63, 3.8) is 0 Å². The Bertz CT molecular complexity index is 1400. The lowest BCUT2D eigenvalue weighted by Gasteiger charge is -2.26. The highest BCUT2D eigenvalue weighted by molar-refractivity contribution is 7.89. The SMILES string of the molecule is CCOc1ccccc1NC(=O)/C(C#N)=C/c1ccc(-c2ccc(S(=O)(=O)N3CCOCC3)cc2)o1. The third-order valence-corrected chi connectivity index (χ3v) is 7.37. The zero-order chi connectivity index (χ0) is 25.5. The van der Waals surface area contributed by atoms with Crippen LogP contribution in [-0.4, -0.2) is 51.5 Å². The van der Waals surface area contributed by atoms with Gasteiger partial charge in [0.1, 0.15) is 28.9 Å². The molecule has 1 aliphatic rings. The number of amides is 1. The number of ether oxygens (including phenoxy) is 2. The lowest BCUT2D eigenvalue weighted by atomic mass is 10.2. The summed E-state index contributed by atoms with van der Waals surface area (Å²) >= 11 is 0. The largest absolute Gasteiger partial charge is 0.492 e. The van der Waals surface area contributed by atoms with E-state index < -0.39 is 15.9 Å². The number of anilines is 1. The number of nitrogens with one attached hydrogen (secondary N) is 1. The molecule has 0 spiro atoms.